The van der Waals surface area contributed by atoms with Gasteiger partial charge in [0.1, 0.15) is 11.9 Å². The topological polar surface area (TPSA) is 90.0 Å². The summed E-state index contributed by atoms with van der Waals surface area (Å²) in [6, 6.07) is 15.5. The Labute approximate surface area is 147 Å². The number of aromatic nitrogens is 2. The van der Waals surface area contributed by atoms with Crippen molar-refractivity contribution in [3.05, 3.63) is 71.8 Å². The minimum Gasteiger partial charge on any atom is -0.417 e. The monoisotopic (exact) mass is 345 g/mol. The molecule has 2 aromatic carbocycles. The second-order valence-electron chi connectivity index (χ2n) is 5.48. The van der Waals surface area contributed by atoms with Crippen LogP contribution in [0.15, 0.2) is 64.2 Å². The highest BCUT2D eigenvalue weighted by Crippen LogP contribution is 2.25. The van der Waals surface area contributed by atoms with Gasteiger partial charge < -0.3 is 9.40 Å². The Bertz CT molecular complexity index is 1130. The zero-order chi connectivity index (χ0) is 17.9. The number of hydrogen-bond donors (Lipinski definition) is 2. The van der Waals surface area contributed by atoms with Crippen LogP contribution in [-0.4, -0.2) is 16.2 Å². The fraction of sp³-hybridized carbons (Fsp3) is 0. The van der Waals surface area contributed by atoms with Crippen molar-refractivity contribution in [3.63, 3.8) is 0 Å². The van der Waals surface area contributed by atoms with Gasteiger partial charge in [-0.15, -0.1) is 0 Å². The molecule has 2 aromatic heterocycles. The van der Waals surface area contributed by atoms with Crippen molar-refractivity contribution in [2.75, 3.05) is 5.43 Å². The maximum Gasteiger partial charge on any atom is 0.252 e. The summed E-state index contributed by atoms with van der Waals surface area (Å²) >= 11 is 0. The van der Waals surface area contributed by atoms with Crippen LogP contribution in [0.5, 0.6) is 0 Å². The Kier molecular flexibility index (Phi) is 3.92. The molecule has 6 nitrogen and oxygen atoms in total. The van der Waals surface area contributed by atoms with E-state index in [1.54, 1.807) is 6.21 Å². The Balaban J connectivity index is 1.58. The first kappa shape index (κ1) is 15.6. The van der Waals surface area contributed by atoms with Crippen molar-refractivity contribution in [3.8, 4) is 17.5 Å². The van der Waals surface area contributed by atoms with Gasteiger partial charge in [-0.25, -0.2) is 9.82 Å². The number of rotatable bonds is 4. The van der Waals surface area contributed by atoms with Gasteiger partial charge >= 0.3 is 0 Å². The maximum atomic E-state index is 13.0. The van der Waals surface area contributed by atoms with Crippen LogP contribution >= 0.6 is 0 Å². The van der Waals surface area contributed by atoms with Gasteiger partial charge in [0.15, 0.2) is 0 Å². The molecule has 0 aliphatic heterocycles. The lowest BCUT2D eigenvalue weighted by Crippen LogP contribution is -1.91. The van der Waals surface area contributed by atoms with Crippen molar-refractivity contribution >= 4 is 23.0 Å². The maximum absolute atomic E-state index is 13.0. The highest BCUT2D eigenvalue weighted by molar-refractivity contribution is 5.99. The number of halogens is 1. The fourth-order valence-electron chi connectivity index (χ4n) is 2.55. The summed E-state index contributed by atoms with van der Waals surface area (Å²) in [7, 11) is 0. The van der Waals surface area contributed by atoms with E-state index in [9.17, 15) is 9.65 Å². The van der Waals surface area contributed by atoms with Crippen LogP contribution in [0.4, 0.5) is 10.3 Å². The standard InChI is InChI=1S/C19H12FN5O/c20-14-7-5-12(6-8-14)18-24-17(9-21)19(26-18)25-23-11-13-10-22-16-4-2-1-3-15(13)16/h1-8,10-11,22,25H/b23-11-. The summed E-state index contributed by atoms with van der Waals surface area (Å²) in [5.41, 5.74) is 5.23. The van der Waals surface area contributed by atoms with E-state index in [0.717, 1.165) is 16.5 Å². The molecule has 0 unspecified atom stereocenters. The minimum absolute atomic E-state index is 0.0698. The van der Waals surface area contributed by atoms with Crippen LogP contribution in [0.1, 0.15) is 11.3 Å². The summed E-state index contributed by atoms with van der Waals surface area (Å²) in [5, 5.41) is 14.4. The number of benzene rings is 2. The van der Waals surface area contributed by atoms with Crippen LogP contribution in [-0.2, 0) is 0 Å². The molecule has 0 spiro atoms. The molecule has 0 radical (unpaired) electrons. The zero-order valence-electron chi connectivity index (χ0n) is 13.4. The van der Waals surface area contributed by atoms with Gasteiger partial charge in [-0.3, -0.25) is 0 Å². The second-order valence-corrected chi connectivity index (χ2v) is 5.48. The molecule has 0 aliphatic carbocycles. The number of hydrazone groups is 1. The molecular formula is C19H12FN5O. The molecule has 0 amide bonds. The van der Waals surface area contributed by atoms with Crippen LogP contribution in [0, 0.1) is 17.1 Å². The van der Waals surface area contributed by atoms with E-state index in [-0.39, 0.29) is 23.3 Å². The lowest BCUT2D eigenvalue weighted by Gasteiger charge is -1.96. The number of nitrogens with one attached hydrogen (secondary N) is 2. The molecule has 26 heavy (non-hydrogen) atoms. The molecule has 2 heterocycles. The molecular weight excluding hydrogens is 333 g/mol. The van der Waals surface area contributed by atoms with Gasteiger partial charge in [0, 0.05) is 28.2 Å². The lowest BCUT2D eigenvalue weighted by molar-refractivity contribution is 0.586. The largest absolute Gasteiger partial charge is 0.417 e. The lowest BCUT2D eigenvalue weighted by atomic mass is 10.2. The van der Waals surface area contributed by atoms with Crippen molar-refractivity contribution in [2.45, 2.75) is 0 Å². The molecule has 126 valence electrons. The van der Waals surface area contributed by atoms with Crippen LogP contribution in [0.25, 0.3) is 22.4 Å². The van der Waals surface area contributed by atoms with Gasteiger partial charge in [-0.1, -0.05) is 18.2 Å². The SMILES string of the molecule is N#Cc1nc(-c2ccc(F)cc2)oc1N/N=C\c1c[nH]c2ccccc12. The Morgan fingerprint density at radius 3 is 2.81 bits per heavy atom. The molecule has 0 atom stereocenters. The van der Waals surface area contributed by atoms with Gasteiger partial charge in [-0.05, 0) is 30.3 Å². The van der Waals surface area contributed by atoms with E-state index in [4.69, 9.17) is 4.42 Å². The number of para-hydroxylation sites is 1. The van der Waals surface area contributed by atoms with Crippen LogP contribution in [0.3, 0.4) is 0 Å². The molecule has 7 heteroatoms. The number of H-pyrrole nitrogens is 1. The van der Waals surface area contributed by atoms with E-state index >= 15 is 0 Å². The third-order valence-electron chi connectivity index (χ3n) is 3.82. The first-order valence-electron chi connectivity index (χ1n) is 7.76. The van der Waals surface area contributed by atoms with E-state index in [1.165, 1.54) is 24.3 Å². The third kappa shape index (κ3) is 2.91. The summed E-state index contributed by atoms with van der Waals surface area (Å²) in [5.74, 6) is -0.0169. The third-order valence-corrected chi connectivity index (χ3v) is 3.82. The van der Waals surface area contributed by atoms with Crippen LogP contribution < -0.4 is 5.43 Å². The minimum atomic E-state index is -0.359. The molecule has 0 saturated heterocycles. The van der Waals surface area contributed by atoms with E-state index < -0.39 is 0 Å². The van der Waals surface area contributed by atoms with E-state index in [0.29, 0.717) is 5.56 Å². The molecule has 0 bridgehead atoms. The number of nitriles is 1. The average molecular weight is 345 g/mol. The normalized spacial score (nSPS) is 11.1. The van der Waals surface area contributed by atoms with E-state index in [2.05, 4.69) is 20.5 Å². The summed E-state index contributed by atoms with van der Waals surface area (Å²) < 4.78 is 18.6. The Morgan fingerprint density at radius 2 is 2.00 bits per heavy atom. The molecule has 2 N–H and O–H groups in total. The molecule has 0 aliphatic rings. The first-order chi connectivity index (χ1) is 12.7. The van der Waals surface area contributed by atoms with Gasteiger partial charge in [0.05, 0.1) is 6.21 Å². The van der Waals surface area contributed by atoms with Crippen LogP contribution in [0.2, 0.25) is 0 Å². The predicted octanol–water partition coefficient (Wildman–Crippen LogP) is 4.28. The van der Waals surface area contributed by atoms with Gasteiger partial charge in [0.2, 0.25) is 11.6 Å². The van der Waals surface area contributed by atoms with Gasteiger partial charge in [0.25, 0.3) is 5.88 Å². The molecule has 4 rings (SSSR count). The summed E-state index contributed by atoms with van der Waals surface area (Å²) in [6.45, 7) is 0. The highest BCUT2D eigenvalue weighted by atomic mass is 19.1. The fourth-order valence-corrected chi connectivity index (χ4v) is 2.55. The van der Waals surface area contributed by atoms with Gasteiger partial charge in [-0.2, -0.15) is 15.3 Å². The number of anilines is 1. The highest BCUT2D eigenvalue weighted by Gasteiger charge is 2.14. The first-order valence-corrected chi connectivity index (χ1v) is 7.76. The molecule has 0 saturated carbocycles. The van der Waals surface area contributed by atoms with Crippen molar-refractivity contribution in [2.24, 2.45) is 5.10 Å². The summed E-state index contributed by atoms with van der Waals surface area (Å²) in [4.78, 5) is 7.25. The second kappa shape index (κ2) is 6.53. The van der Waals surface area contributed by atoms with E-state index in [1.807, 2.05) is 36.5 Å². The average Bonchev–Trinajstić information content (AvgIpc) is 3.27. The zero-order valence-corrected chi connectivity index (χ0v) is 13.4. The number of hydrogen-bond acceptors (Lipinski definition) is 5. The Morgan fingerprint density at radius 1 is 1.19 bits per heavy atom. The quantitative estimate of drug-likeness (QED) is 0.427. The smallest absolute Gasteiger partial charge is 0.252 e. The predicted molar refractivity (Wildman–Crippen MR) is 96.1 cm³/mol. The number of nitrogens with zero attached hydrogens (tertiary/aromatic N) is 3. The van der Waals surface area contributed by atoms with Crippen molar-refractivity contribution in [1.29, 1.82) is 5.26 Å². The summed E-state index contributed by atoms with van der Waals surface area (Å²) in [6.07, 6.45) is 3.46. The molecule has 4 aromatic rings. The molecule has 0 fully saturated rings. The van der Waals surface area contributed by atoms with Crippen molar-refractivity contribution < 1.29 is 8.81 Å². The number of aromatic amines is 1. The Hall–Kier alpha value is -3.92. The number of fused-ring (bicyclic) bond motifs is 1. The van der Waals surface area contributed by atoms with Crippen molar-refractivity contribution in [1.82, 2.24) is 9.97 Å². The number of oxazole rings is 1.